The van der Waals surface area contributed by atoms with Gasteiger partial charge in [0.05, 0.1) is 32.3 Å². The summed E-state index contributed by atoms with van der Waals surface area (Å²) in [6.45, 7) is 5.76. The van der Waals surface area contributed by atoms with Crippen LogP contribution in [-0.2, 0) is 32.3 Å². The SMILES string of the molecule is C=CCN1C[C@H](C(=O)N2CC(=O)N(Cc3ccc(OC)cc3)C[C@H](OCc3ccncc3)C2)CC1=O. The van der Waals surface area contributed by atoms with Crippen molar-refractivity contribution in [3.05, 3.63) is 72.6 Å². The van der Waals surface area contributed by atoms with Crippen molar-refractivity contribution in [1.29, 1.82) is 0 Å². The van der Waals surface area contributed by atoms with Gasteiger partial charge in [0.25, 0.3) is 0 Å². The van der Waals surface area contributed by atoms with Gasteiger partial charge in [0.2, 0.25) is 17.7 Å². The molecule has 2 aliphatic heterocycles. The van der Waals surface area contributed by atoms with Gasteiger partial charge in [0.15, 0.2) is 0 Å². The van der Waals surface area contributed by atoms with Crippen molar-refractivity contribution < 1.29 is 23.9 Å². The second kappa shape index (κ2) is 11.8. The predicted molar refractivity (Wildman–Crippen MR) is 133 cm³/mol. The standard InChI is InChI=1S/C27H32N4O5/c1-3-12-29-15-22(13-25(29)32)27(34)31-17-24(36-19-21-8-10-28-11-9-21)16-30(26(33)18-31)14-20-4-6-23(35-2)7-5-20/h3-11,22,24H,1,12-19H2,2H3/t22-,24+/m1/s1. The summed E-state index contributed by atoms with van der Waals surface area (Å²) in [5, 5.41) is 0. The first-order valence-corrected chi connectivity index (χ1v) is 12.1. The lowest BCUT2D eigenvalue weighted by atomic mass is 10.1. The monoisotopic (exact) mass is 492 g/mol. The molecule has 2 fully saturated rings. The van der Waals surface area contributed by atoms with Gasteiger partial charge < -0.3 is 24.2 Å². The summed E-state index contributed by atoms with van der Waals surface area (Å²) in [5.74, 6) is -0.137. The highest BCUT2D eigenvalue weighted by Crippen LogP contribution is 2.23. The Hall–Kier alpha value is -3.72. The molecule has 36 heavy (non-hydrogen) atoms. The molecule has 1 aromatic heterocycles. The number of benzene rings is 1. The van der Waals surface area contributed by atoms with Gasteiger partial charge in [-0.25, -0.2) is 0 Å². The van der Waals surface area contributed by atoms with Gasteiger partial charge >= 0.3 is 0 Å². The topological polar surface area (TPSA) is 92.3 Å². The third-order valence-electron chi connectivity index (χ3n) is 6.52. The highest BCUT2D eigenvalue weighted by atomic mass is 16.5. The molecule has 2 aliphatic rings. The minimum atomic E-state index is -0.473. The fraction of sp³-hybridized carbons (Fsp3) is 0.407. The Kier molecular flexibility index (Phi) is 8.32. The molecule has 0 bridgehead atoms. The van der Waals surface area contributed by atoms with E-state index in [2.05, 4.69) is 11.6 Å². The van der Waals surface area contributed by atoms with Crippen molar-refractivity contribution in [1.82, 2.24) is 19.7 Å². The van der Waals surface area contributed by atoms with Gasteiger partial charge in [0, 0.05) is 51.5 Å². The largest absolute Gasteiger partial charge is 0.497 e. The van der Waals surface area contributed by atoms with Crippen LogP contribution in [-0.4, -0.2) is 83.3 Å². The Morgan fingerprint density at radius 1 is 1.03 bits per heavy atom. The summed E-state index contributed by atoms with van der Waals surface area (Å²) < 4.78 is 11.4. The Morgan fingerprint density at radius 2 is 1.78 bits per heavy atom. The quantitative estimate of drug-likeness (QED) is 0.497. The molecule has 3 heterocycles. The fourth-order valence-electron chi connectivity index (χ4n) is 4.58. The van der Waals surface area contributed by atoms with Gasteiger partial charge in [-0.2, -0.15) is 0 Å². The highest BCUT2D eigenvalue weighted by molar-refractivity contribution is 5.91. The van der Waals surface area contributed by atoms with E-state index in [1.54, 1.807) is 40.3 Å². The Morgan fingerprint density at radius 3 is 2.47 bits per heavy atom. The summed E-state index contributed by atoms with van der Waals surface area (Å²) >= 11 is 0. The molecular weight excluding hydrogens is 460 g/mol. The molecule has 1 aromatic carbocycles. The van der Waals surface area contributed by atoms with Gasteiger partial charge in [-0.15, -0.1) is 6.58 Å². The highest BCUT2D eigenvalue weighted by Gasteiger charge is 2.39. The van der Waals surface area contributed by atoms with E-state index in [-0.39, 0.29) is 43.3 Å². The van der Waals surface area contributed by atoms with E-state index in [1.807, 2.05) is 36.4 Å². The second-order valence-electron chi connectivity index (χ2n) is 9.12. The van der Waals surface area contributed by atoms with Crippen LogP contribution in [0.2, 0.25) is 0 Å². The Balaban J connectivity index is 1.49. The normalized spacial score (nSPS) is 20.4. The number of nitrogens with zero attached hydrogens (tertiary/aromatic N) is 4. The number of hydrogen-bond donors (Lipinski definition) is 0. The molecule has 0 aliphatic carbocycles. The molecule has 190 valence electrons. The van der Waals surface area contributed by atoms with Crippen molar-refractivity contribution in [2.75, 3.05) is 39.8 Å². The zero-order valence-corrected chi connectivity index (χ0v) is 20.5. The zero-order valence-electron chi connectivity index (χ0n) is 20.5. The van der Waals surface area contributed by atoms with Crippen molar-refractivity contribution >= 4 is 17.7 Å². The number of ether oxygens (including phenoxy) is 2. The number of carbonyl (C=O) groups is 3. The van der Waals surface area contributed by atoms with Crippen LogP contribution in [0, 0.1) is 5.92 Å². The number of pyridine rings is 1. The zero-order chi connectivity index (χ0) is 25.5. The third-order valence-corrected chi connectivity index (χ3v) is 6.52. The van der Waals surface area contributed by atoms with Crippen LogP contribution in [0.25, 0.3) is 0 Å². The summed E-state index contributed by atoms with van der Waals surface area (Å²) in [7, 11) is 1.61. The molecule has 2 saturated heterocycles. The van der Waals surface area contributed by atoms with Gasteiger partial charge in [-0.05, 0) is 35.4 Å². The summed E-state index contributed by atoms with van der Waals surface area (Å²) in [6, 6.07) is 11.3. The van der Waals surface area contributed by atoms with E-state index in [4.69, 9.17) is 9.47 Å². The fourth-order valence-corrected chi connectivity index (χ4v) is 4.58. The lowest BCUT2D eigenvalue weighted by Crippen LogP contribution is -2.43. The first-order chi connectivity index (χ1) is 17.5. The lowest BCUT2D eigenvalue weighted by Gasteiger charge is -2.26. The van der Waals surface area contributed by atoms with Crippen molar-refractivity contribution in [2.45, 2.75) is 25.7 Å². The summed E-state index contributed by atoms with van der Waals surface area (Å²) in [6.07, 6.45) is 4.82. The van der Waals surface area contributed by atoms with E-state index < -0.39 is 5.92 Å². The molecular formula is C27H32N4O5. The van der Waals surface area contributed by atoms with Gasteiger partial charge in [-0.3, -0.25) is 19.4 Å². The number of aromatic nitrogens is 1. The van der Waals surface area contributed by atoms with Crippen molar-refractivity contribution in [2.24, 2.45) is 5.92 Å². The van der Waals surface area contributed by atoms with Crippen LogP contribution in [0.1, 0.15) is 17.5 Å². The van der Waals surface area contributed by atoms with Crippen LogP contribution < -0.4 is 4.74 Å². The molecule has 0 radical (unpaired) electrons. The van der Waals surface area contributed by atoms with E-state index >= 15 is 0 Å². The van der Waals surface area contributed by atoms with E-state index in [1.165, 1.54) is 0 Å². The van der Waals surface area contributed by atoms with E-state index in [0.717, 1.165) is 16.9 Å². The van der Waals surface area contributed by atoms with Crippen LogP contribution in [0.4, 0.5) is 0 Å². The molecule has 0 saturated carbocycles. The number of likely N-dealkylation sites (tertiary alicyclic amines) is 1. The molecule has 0 N–H and O–H groups in total. The minimum absolute atomic E-state index is 0.0454. The lowest BCUT2D eigenvalue weighted by molar-refractivity contribution is -0.141. The maximum absolute atomic E-state index is 13.4. The van der Waals surface area contributed by atoms with Gasteiger partial charge in [-0.1, -0.05) is 18.2 Å². The minimum Gasteiger partial charge on any atom is -0.497 e. The molecule has 0 unspecified atom stereocenters. The first kappa shape index (κ1) is 25.4. The number of rotatable bonds is 9. The molecule has 4 rings (SSSR count). The third kappa shape index (κ3) is 6.28. The summed E-state index contributed by atoms with van der Waals surface area (Å²) in [4.78, 5) is 48.0. The number of hydrogen-bond acceptors (Lipinski definition) is 6. The van der Waals surface area contributed by atoms with Crippen LogP contribution in [0.3, 0.4) is 0 Å². The maximum atomic E-state index is 13.4. The predicted octanol–water partition coefficient (Wildman–Crippen LogP) is 1.88. The van der Waals surface area contributed by atoms with Crippen LogP contribution >= 0.6 is 0 Å². The molecule has 9 heteroatoms. The first-order valence-electron chi connectivity index (χ1n) is 12.1. The number of methoxy groups -OCH3 is 1. The Bertz CT molecular complexity index is 1080. The van der Waals surface area contributed by atoms with Crippen molar-refractivity contribution in [3.63, 3.8) is 0 Å². The van der Waals surface area contributed by atoms with Crippen molar-refractivity contribution in [3.8, 4) is 5.75 Å². The number of amides is 3. The molecule has 2 atom stereocenters. The molecule has 3 amide bonds. The molecule has 9 nitrogen and oxygen atoms in total. The average Bonchev–Trinajstić information content (AvgIpc) is 3.18. The van der Waals surface area contributed by atoms with Crippen LogP contribution in [0.5, 0.6) is 5.75 Å². The molecule has 0 spiro atoms. The Labute approximate surface area is 211 Å². The smallest absolute Gasteiger partial charge is 0.242 e. The average molecular weight is 493 g/mol. The number of carbonyl (C=O) groups excluding carboxylic acids is 3. The summed E-state index contributed by atoms with van der Waals surface area (Å²) in [5.41, 5.74) is 1.92. The maximum Gasteiger partial charge on any atom is 0.242 e. The van der Waals surface area contributed by atoms with Crippen LogP contribution in [0.15, 0.2) is 61.4 Å². The van der Waals surface area contributed by atoms with E-state index in [9.17, 15) is 14.4 Å². The second-order valence-corrected chi connectivity index (χ2v) is 9.12. The van der Waals surface area contributed by atoms with E-state index in [0.29, 0.717) is 32.8 Å². The molecule has 2 aromatic rings. The van der Waals surface area contributed by atoms with Gasteiger partial charge in [0.1, 0.15) is 5.75 Å².